The van der Waals surface area contributed by atoms with E-state index in [1.54, 1.807) is 6.92 Å². The number of ether oxygens (including phenoxy) is 1. The highest BCUT2D eigenvalue weighted by atomic mass is 16.6. The van der Waals surface area contributed by atoms with E-state index in [1.807, 2.05) is 34.6 Å². The second-order valence-electron chi connectivity index (χ2n) is 6.89. The molecule has 0 rings (SSSR count). The Bertz CT molecular complexity index is 377. The molecule has 0 amide bonds. The lowest BCUT2D eigenvalue weighted by Gasteiger charge is -2.23. The van der Waals surface area contributed by atoms with Gasteiger partial charge >= 0.3 is 11.9 Å². The Kier molecular flexibility index (Phi) is 9.74. The summed E-state index contributed by atoms with van der Waals surface area (Å²) < 4.78 is 5.11. The molecule has 0 bridgehead atoms. The molecule has 0 spiro atoms. The zero-order chi connectivity index (χ0) is 18.1. The molecule has 4 heteroatoms. The van der Waals surface area contributed by atoms with E-state index in [4.69, 9.17) is 9.84 Å². The van der Waals surface area contributed by atoms with Crippen molar-refractivity contribution in [2.75, 3.05) is 0 Å². The van der Waals surface area contributed by atoms with Crippen molar-refractivity contribution in [3.8, 4) is 0 Å². The highest BCUT2D eigenvalue weighted by molar-refractivity contribution is 5.87. The fourth-order valence-electron chi connectivity index (χ4n) is 1.19. The number of esters is 1. The van der Waals surface area contributed by atoms with Gasteiger partial charge in [0, 0.05) is 11.1 Å². The van der Waals surface area contributed by atoms with Crippen LogP contribution in [0.15, 0.2) is 24.3 Å². The third-order valence-corrected chi connectivity index (χ3v) is 3.52. The quantitative estimate of drug-likeness (QED) is 0.544. The Morgan fingerprint density at radius 3 is 1.77 bits per heavy atom. The summed E-state index contributed by atoms with van der Waals surface area (Å²) in [7, 11) is 0. The summed E-state index contributed by atoms with van der Waals surface area (Å²) >= 11 is 0. The van der Waals surface area contributed by atoms with Crippen molar-refractivity contribution in [1.29, 1.82) is 0 Å². The molecule has 0 aliphatic carbocycles. The molecular formula is C18H32O4. The minimum atomic E-state index is -0.883. The van der Waals surface area contributed by atoms with Crippen LogP contribution in [0.5, 0.6) is 0 Å². The van der Waals surface area contributed by atoms with Crippen LogP contribution < -0.4 is 0 Å². The molecule has 0 radical (unpaired) electrons. The largest absolute Gasteiger partial charge is 0.478 e. The first-order valence-electron chi connectivity index (χ1n) is 7.58. The first kappa shape index (κ1) is 22.7. The zero-order valence-corrected chi connectivity index (χ0v) is 15.2. The van der Waals surface area contributed by atoms with Gasteiger partial charge in [-0.1, -0.05) is 47.3 Å². The van der Waals surface area contributed by atoms with Gasteiger partial charge in [0.2, 0.25) is 0 Å². The number of aliphatic carboxylic acids is 1. The fraction of sp³-hybridized carbons (Fsp3) is 0.667. The molecule has 4 nitrogen and oxygen atoms in total. The second-order valence-corrected chi connectivity index (χ2v) is 6.89. The summed E-state index contributed by atoms with van der Waals surface area (Å²) in [5.41, 5.74) is 0.453. The van der Waals surface area contributed by atoms with Crippen LogP contribution in [0.3, 0.4) is 0 Å². The van der Waals surface area contributed by atoms with Crippen LogP contribution in [0, 0.1) is 5.41 Å². The molecule has 22 heavy (non-hydrogen) atoms. The third kappa shape index (κ3) is 11.1. The predicted molar refractivity (Wildman–Crippen MR) is 90.7 cm³/mol. The summed E-state index contributed by atoms with van der Waals surface area (Å²) in [5.74, 6) is -1.19. The first-order valence-corrected chi connectivity index (χ1v) is 7.58. The average molecular weight is 312 g/mol. The lowest BCUT2D eigenvalue weighted by molar-refractivity contribution is -0.151. The maximum Gasteiger partial charge on any atom is 0.333 e. The molecule has 0 atom stereocenters. The van der Waals surface area contributed by atoms with Gasteiger partial charge in [-0.3, -0.25) is 0 Å². The molecule has 0 aliphatic heterocycles. The van der Waals surface area contributed by atoms with Crippen LogP contribution in [-0.4, -0.2) is 22.6 Å². The lowest BCUT2D eigenvalue weighted by atomic mass is 9.84. The Morgan fingerprint density at radius 2 is 1.50 bits per heavy atom. The van der Waals surface area contributed by atoms with Crippen LogP contribution in [0.4, 0.5) is 0 Å². The summed E-state index contributed by atoms with van der Waals surface area (Å²) in [6.45, 7) is 20.5. The van der Waals surface area contributed by atoms with Gasteiger partial charge < -0.3 is 9.84 Å². The molecule has 0 heterocycles. The monoisotopic (exact) mass is 312 g/mol. The number of hydrogen-bond donors (Lipinski definition) is 1. The Morgan fingerprint density at radius 1 is 1.05 bits per heavy atom. The SMILES string of the molecule is C=C(C)C(=O)OC(C)(C)CC.C=C(CC(C)(C)CC)C(=O)O. The first-order chi connectivity index (χ1) is 9.78. The van der Waals surface area contributed by atoms with Gasteiger partial charge in [-0.2, -0.15) is 0 Å². The van der Waals surface area contributed by atoms with Crippen molar-refractivity contribution < 1.29 is 19.4 Å². The summed E-state index contributed by atoms with van der Waals surface area (Å²) in [4.78, 5) is 21.4. The number of carboxylic acids is 1. The van der Waals surface area contributed by atoms with Crippen LogP contribution >= 0.6 is 0 Å². The third-order valence-electron chi connectivity index (χ3n) is 3.52. The normalized spacial score (nSPS) is 11.0. The Hall–Kier alpha value is -1.58. The maximum atomic E-state index is 11.0. The summed E-state index contributed by atoms with van der Waals surface area (Å²) in [6.07, 6.45) is 2.35. The smallest absolute Gasteiger partial charge is 0.333 e. The molecular weight excluding hydrogens is 280 g/mol. The van der Waals surface area contributed by atoms with Crippen LogP contribution in [0.2, 0.25) is 0 Å². The lowest BCUT2D eigenvalue weighted by Crippen LogP contribution is -2.27. The zero-order valence-electron chi connectivity index (χ0n) is 15.2. The molecule has 0 fully saturated rings. The van der Waals surface area contributed by atoms with E-state index in [-0.39, 0.29) is 17.0 Å². The van der Waals surface area contributed by atoms with Crippen molar-refractivity contribution in [2.24, 2.45) is 5.41 Å². The summed E-state index contributed by atoms with van der Waals surface area (Å²) in [6, 6.07) is 0. The maximum absolute atomic E-state index is 11.0. The molecule has 0 aliphatic rings. The van der Waals surface area contributed by atoms with Crippen molar-refractivity contribution in [1.82, 2.24) is 0 Å². The highest BCUT2D eigenvalue weighted by Crippen LogP contribution is 2.27. The van der Waals surface area contributed by atoms with E-state index in [0.717, 1.165) is 12.8 Å². The molecule has 128 valence electrons. The number of hydrogen-bond acceptors (Lipinski definition) is 3. The Labute approximate surface area is 135 Å². The van der Waals surface area contributed by atoms with E-state index in [9.17, 15) is 9.59 Å². The standard InChI is InChI=1S/2C9H16O2/c1-6-9(4,5)11-8(10)7(2)3;1-5-9(3,4)6-7(2)8(10)11/h2,6H2,1,3-5H3;2,5-6H2,1,3-4H3,(H,10,11). The highest BCUT2D eigenvalue weighted by Gasteiger charge is 2.20. The van der Waals surface area contributed by atoms with Gasteiger partial charge in [-0.25, -0.2) is 9.59 Å². The average Bonchev–Trinajstić information content (AvgIpc) is 2.38. The van der Waals surface area contributed by atoms with Gasteiger partial charge in [-0.15, -0.1) is 0 Å². The van der Waals surface area contributed by atoms with Crippen molar-refractivity contribution in [3.63, 3.8) is 0 Å². The van der Waals surface area contributed by atoms with Crippen molar-refractivity contribution in [3.05, 3.63) is 24.3 Å². The number of carbonyl (C=O) groups is 2. The molecule has 1 N–H and O–H groups in total. The van der Waals surface area contributed by atoms with Crippen molar-refractivity contribution in [2.45, 2.75) is 73.3 Å². The second kappa shape index (κ2) is 9.44. The van der Waals surface area contributed by atoms with Gasteiger partial charge in [0.25, 0.3) is 0 Å². The molecule has 0 saturated carbocycles. The number of rotatable bonds is 7. The van der Waals surface area contributed by atoms with E-state index in [0.29, 0.717) is 17.6 Å². The van der Waals surface area contributed by atoms with Gasteiger partial charge in [0.05, 0.1) is 0 Å². The molecule has 0 aromatic rings. The number of carbonyl (C=O) groups excluding carboxylic acids is 1. The van der Waals surface area contributed by atoms with E-state index < -0.39 is 5.97 Å². The van der Waals surface area contributed by atoms with Crippen molar-refractivity contribution >= 4 is 11.9 Å². The predicted octanol–water partition coefficient (Wildman–Crippen LogP) is 4.75. The van der Waals surface area contributed by atoms with E-state index in [1.165, 1.54) is 0 Å². The van der Waals surface area contributed by atoms with Gasteiger partial charge in [-0.05, 0) is 39.0 Å². The van der Waals surface area contributed by atoms with Crippen LogP contribution in [-0.2, 0) is 14.3 Å². The van der Waals surface area contributed by atoms with E-state index >= 15 is 0 Å². The summed E-state index contributed by atoms with van der Waals surface area (Å²) in [5, 5.41) is 8.54. The van der Waals surface area contributed by atoms with Crippen LogP contribution in [0.1, 0.15) is 67.7 Å². The van der Waals surface area contributed by atoms with Gasteiger partial charge in [0.15, 0.2) is 0 Å². The minimum Gasteiger partial charge on any atom is -0.478 e. The minimum absolute atomic E-state index is 0.0650. The molecule has 0 aromatic heterocycles. The van der Waals surface area contributed by atoms with Gasteiger partial charge in [0.1, 0.15) is 5.60 Å². The molecule has 0 saturated heterocycles. The Balaban J connectivity index is 0. The number of carboxylic acid groups (broad SMARTS) is 1. The van der Waals surface area contributed by atoms with Crippen LogP contribution in [0.25, 0.3) is 0 Å². The topological polar surface area (TPSA) is 63.6 Å². The van der Waals surface area contributed by atoms with E-state index in [2.05, 4.69) is 20.1 Å². The molecule has 0 unspecified atom stereocenters. The molecule has 0 aromatic carbocycles. The fourth-order valence-corrected chi connectivity index (χ4v) is 1.19.